The zero-order valence-corrected chi connectivity index (χ0v) is 8.57. The van der Waals surface area contributed by atoms with Crippen molar-refractivity contribution < 1.29 is 5.11 Å². The maximum Gasteiger partial charge on any atom is 0.0547 e. The van der Waals surface area contributed by atoms with E-state index in [1.807, 2.05) is 11.8 Å². The van der Waals surface area contributed by atoms with Gasteiger partial charge in [0.05, 0.1) is 6.61 Å². The van der Waals surface area contributed by atoms with Crippen LogP contribution in [0.2, 0.25) is 0 Å². The van der Waals surface area contributed by atoms with Gasteiger partial charge in [-0.3, -0.25) is 0 Å². The first kappa shape index (κ1) is 10.4. The second-order valence-corrected chi connectivity index (χ2v) is 4.99. The Morgan fingerprint density at radius 1 is 1.50 bits per heavy atom. The van der Waals surface area contributed by atoms with E-state index in [1.54, 1.807) is 0 Å². The molecule has 0 aromatic rings. The molecule has 1 heterocycles. The molecule has 1 atom stereocenters. The van der Waals surface area contributed by atoms with E-state index in [0.29, 0.717) is 11.9 Å². The van der Waals surface area contributed by atoms with Crippen molar-refractivity contribution >= 4 is 11.8 Å². The number of thioether (sulfide) groups is 1. The van der Waals surface area contributed by atoms with Crippen LogP contribution in [0.15, 0.2) is 0 Å². The van der Waals surface area contributed by atoms with E-state index in [-0.39, 0.29) is 0 Å². The quantitative estimate of drug-likeness (QED) is 0.694. The third-order valence-electron chi connectivity index (χ3n) is 2.33. The zero-order chi connectivity index (χ0) is 8.81. The Morgan fingerprint density at radius 2 is 2.17 bits per heavy atom. The van der Waals surface area contributed by atoms with E-state index in [2.05, 4.69) is 12.2 Å². The van der Waals surface area contributed by atoms with Gasteiger partial charge in [0.1, 0.15) is 0 Å². The van der Waals surface area contributed by atoms with Crippen LogP contribution in [0.5, 0.6) is 0 Å². The summed E-state index contributed by atoms with van der Waals surface area (Å²) in [5, 5.41) is 12.6. The first-order valence-corrected chi connectivity index (χ1v) is 5.81. The van der Waals surface area contributed by atoms with Gasteiger partial charge >= 0.3 is 0 Å². The van der Waals surface area contributed by atoms with Crippen molar-refractivity contribution in [2.24, 2.45) is 5.92 Å². The Morgan fingerprint density at radius 3 is 2.75 bits per heavy atom. The topological polar surface area (TPSA) is 32.3 Å². The molecule has 1 aliphatic heterocycles. The van der Waals surface area contributed by atoms with Crippen LogP contribution in [0.1, 0.15) is 19.8 Å². The van der Waals surface area contributed by atoms with Crippen molar-refractivity contribution in [3.05, 3.63) is 0 Å². The molecule has 1 unspecified atom stereocenters. The Hall–Kier alpha value is 0.270. The summed E-state index contributed by atoms with van der Waals surface area (Å²) < 4.78 is 0. The minimum absolute atomic E-state index is 0.315. The number of rotatable bonds is 4. The Kier molecular flexibility index (Phi) is 5.04. The number of nitrogens with one attached hydrogen (secondary N) is 1. The highest BCUT2D eigenvalue weighted by Crippen LogP contribution is 2.20. The Balaban J connectivity index is 2.05. The molecule has 1 aliphatic rings. The molecule has 1 saturated heterocycles. The van der Waals surface area contributed by atoms with Crippen LogP contribution in [0.25, 0.3) is 0 Å². The number of hydrogen-bond acceptors (Lipinski definition) is 3. The van der Waals surface area contributed by atoms with Crippen molar-refractivity contribution in [1.82, 2.24) is 5.32 Å². The summed E-state index contributed by atoms with van der Waals surface area (Å²) in [4.78, 5) is 0. The van der Waals surface area contributed by atoms with Gasteiger partial charge in [0.25, 0.3) is 0 Å². The molecule has 0 radical (unpaired) electrons. The molecule has 0 amide bonds. The van der Waals surface area contributed by atoms with Crippen molar-refractivity contribution in [1.29, 1.82) is 0 Å². The van der Waals surface area contributed by atoms with Crippen LogP contribution in [-0.2, 0) is 0 Å². The van der Waals surface area contributed by atoms with Crippen molar-refractivity contribution in [3.63, 3.8) is 0 Å². The van der Waals surface area contributed by atoms with E-state index in [0.717, 1.165) is 5.92 Å². The average molecular weight is 189 g/mol. The van der Waals surface area contributed by atoms with Gasteiger partial charge in [-0.2, -0.15) is 11.8 Å². The molecule has 0 aromatic carbocycles. The molecule has 0 saturated carbocycles. The zero-order valence-electron chi connectivity index (χ0n) is 7.75. The van der Waals surface area contributed by atoms with Crippen molar-refractivity contribution in [2.45, 2.75) is 25.0 Å². The average Bonchev–Trinajstić information content (AvgIpc) is 2.16. The lowest BCUT2D eigenvalue weighted by atomic mass is 10.0. The van der Waals surface area contributed by atoms with E-state index in [9.17, 15) is 0 Å². The fourth-order valence-corrected chi connectivity index (χ4v) is 2.44. The first-order valence-electron chi connectivity index (χ1n) is 4.76. The summed E-state index contributed by atoms with van der Waals surface area (Å²) in [6, 6.07) is 0. The molecule has 72 valence electrons. The smallest absolute Gasteiger partial charge is 0.0547 e. The lowest BCUT2D eigenvalue weighted by Gasteiger charge is -2.23. The fourth-order valence-electron chi connectivity index (χ4n) is 1.40. The van der Waals surface area contributed by atoms with Crippen LogP contribution < -0.4 is 5.32 Å². The number of aliphatic hydroxyl groups is 1. The molecule has 3 heteroatoms. The number of aliphatic hydroxyl groups excluding tert-OH is 1. The van der Waals surface area contributed by atoms with Crippen LogP contribution in [0, 0.1) is 5.92 Å². The van der Waals surface area contributed by atoms with Crippen LogP contribution in [0.3, 0.4) is 0 Å². The van der Waals surface area contributed by atoms with Gasteiger partial charge in [-0.05, 0) is 37.6 Å². The summed E-state index contributed by atoms with van der Waals surface area (Å²) in [7, 11) is 0. The first-order chi connectivity index (χ1) is 5.83. The van der Waals surface area contributed by atoms with Gasteiger partial charge in [0.2, 0.25) is 0 Å². The van der Waals surface area contributed by atoms with Gasteiger partial charge < -0.3 is 10.4 Å². The van der Waals surface area contributed by atoms with Gasteiger partial charge in [0.15, 0.2) is 0 Å². The number of hydrogen-bond donors (Lipinski definition) is 2. The largest absolute Gasteiger partial charge is 0.395 e. The molecule has 2 nitrogen and oxygen atoms in total. The maximum absolute atomic E-state index is 8.83. The highest BCUT2D eigenvalue weighted by Gasteiger charge is 2.13. The standard InChI is InChI=1S/C9H19NOS/c1-8(6-11)12-7-9-2-4-10-5-3-9/h8-11H,2-7H2,1H3. The van der Waals surface area contributed by atoms with Gasteiger partial charge in [-0.15, -0.1) is 0 Å². The second-order valence-electron chi connectivity index (χ2n) is 3.52. The Bertz CT molecular complexity index is 115. The highest BCUT2D eigenvalue weighted by molar-refractivity contribution is 7.99. The van der Waals surface area contributed by atoms with Crippen LogP contribution in [-0.4, -0.2) is 35.8 Å². The number of piperidine rings is 1. The Labute approximate surface area is 79.1 Å². The van der Waals surface area contributed by atoms with Crippen molar-refractivity contribution in [2.75, 3.05) is 25.4 Å². The monoisotopic (exact) mass is 189 g/mol. The molecule has 2 N–H and O–H groups in total. The van der Waals surface area contributed by atoms with Crippen molar-refractivity contribution in [3.8, 4) is 0 Å². The minimum atomic E-state index is 0.315. The molecular formula is C9H19NOS. The SMILES string of the molecule is CC(CO)SCC1CCNCC1. The molecule has 12 heavy (non-hydrogen) atoms. The van der Waals surface area contributed by atoms with Crippen LogP contribution >= 0.6 is 11.8 Å². The molecule has 0 bridgehead atoms. The normalized spacial score (nSPS) is 22.5. The van der Waals surface area contributed by atoms with Crippen LogP contribution in [0.4, 0.5) is 0 Å². The molecule has 0 spiro atoms. The third kappa shape index (κ3) is 3.78. The van der Waals surface area contributed by atoms with Gasteiger partial charge in [-0.25, -0.2) is 0 Å². The predicted octanol–water partition coefficient (Wildman–Crippen LogP) is 1.10. The highest BCUT2D eigenvalue weighted by atomic mass is 32.2. The fraction of sp³-hybridized carbons (Fsp3) is 1.00. The van der Waals surface area contributed by atoms with E-state index in [1.165, 1.54) is 31.7 Å². The van der Waals surface area contributed by atoms with Gasteiger partial charge in [-0.1, -0.05) is 6.92 Å². The molecule has 1 rings (SSSR count). The maximum atomic E-state index is 8.83. The molecule has 1 fully saturated rings. The minimum Gasteiger partial charge on any atom is -0.395 e. The lowest BCUT2D eigenvalue weighted by Crippen LogP contribution is -2.29. The predicted molar refractivity (Wildman–Crippen MR) is 54.6 cm³/mol. The summed E-state index contributed by atoms with van der Waals surface area (Å²) in [5.41, 5.74) is 0. The third-order valence-corrected chi connectivity index (χ3v) is 3.71. The lowest BCUT2D eigenvalue weighted by molar-refractivity contribution is 0.299. The van der Waals surface area contributed by atoms with E-state index in [4.69, 9.17) is 5.11 Å². The molecule has 0 aromatic heterocycles. The second kappa shape index (κ2) is 5.84. The summed E-state index contributed by atoms with van der Waals surface area (Å²) >= 11 is 1.91. The summed E-state index contributed by atoms with van der Waals surface area (Å²) in [5.74, 6) is 2.11. The summed E-state index contributed by atoms with van der Waals surface area (Å²) in [6.45, 7) is 4.76. The van der Waals surface area contributed by atoms with E-state index < -0.39 is 0 Å². The molecule has 0 aliphatic carbocycles. The summed E-state index contributed by atoms with van der Waals surface area (Å²) in [6.07, 6.45) is 2.62. The molecular weight excluding hydrogens is 170 g/mol. The van der Waals surface area contributed by atoms with E-state index >= 15 is 0 Å². The van der Waals surface area contributed by atoms with Gasteiger partial charge in [0, 0.05) is 5.25 Å².